The minimum absolute atomic E-state index is 0.0312. The minimum atomic E-state index is -4.37. The Kier molecular flexibility index (Phi) is 36.1. The fourth-order valence-electron chi connectivity index (χ4n) is 5.99. The topological polar surface area (TPSA) is 108 Å². The SMILES string of the molecule is CCCCC/C=C/C/C=C/CCCCCCCC(=O)OC[C@H](COP(=O)(O)OCC[N+](C)(C)C)OC(=O)CCCCCCCCCCCCCCCCC. The predicted octanol–water partition coefficient (Wildman–Crippen LogP) is 12.4. The van der Waals surface area contributed by atoms with Crippen LogP contribution in [0, 0.1) is 0 Å². The minimum Gasteiger partial charge on any atom is -0.462 e. The van der Waals surface area contributed by atoms with Crippen molar-refractivity contribution in [3.05, 3.63) is 24.3 Å². The van der Waals surface area contributed by atoms with Crippen LogP contribution in [0.3, 0.4) is 0 Å². The zero-order chi connectivity index (χ0) is 40.0. The molecule has 318 valence electrons. The van der Waals surface area contributed by atoms with Gasteiger partial charge in [-0.2, -0.15) is 0 Å². The number of allylic oxidation sites excluding steroid dienone is 4. The summed E-state index contributed by atoms with van der Waals surface area (Å²) in [5.41, 5.74) is 0. The maximum atomic E-state index is 12.7. The lowest BCUT2D eigenvalue weighted by Gasteiger charge is -2.24. The second-order valence-corrected chi connectivity index (χ2v) is 17.5. The molecule has 0 rings (SSSR count). The Labute approximate surface area is 332 Å². The van der Waals surface area contributed by atoms with E-state index in [4.69, 9.17) is 18.5 Å². The first-order chi connectivity index (χ1) is 26.0. The molecule has 0 amide bonds. The molecule has 0 aliphatic heterocycles. The van der Waals surface area contributed by atoms with Crippen molar-refractivity contribution < 1.29 is 42.1 Å². The van der Waals surface area contributed by atoms with Crippen molar-refractivity contribution in [1.29, 1.82) is 0 Å². The molecular weight excluding hydrogens is 701 g/mol. The number of esters is 2. The van der Waals surface area contributed by atoms with Gasteiger partial charge in [0.1, 0.15) is 19.8 Å². The standard InChI is InChI=1S/C44H84NO8P/c1-6-8-10-12-14-16-18-20-22-24-26-28-30-32-34-36-43(46)50-40-42(41-52-54(48,49)51-39-38-45(3,4)5)53-44(47)37-35-33-31-29-27-25-23-21-19-17-15-13-11-9-7-2/h14,16,20,22,42H,6-13,15,17-19,21,23-41H2,1-5H3/p+1/b16-14+,22-20+/t42-/m1/s1. The number of rotatable bonds is 40. The Morgan fingerprint density at radius 1 is 0.574 bits per heavy atom. The Bertz CT molecular complexity index is 980. The molecule has 1 unspecified atom stereocenters. The van der Waals surface area contributed by atoms with Crippen LogP contribution in [-0.4, -0.2) is 74.9 Å². The fourth-order valence-corrected chi connectivity index (χ4v) is 6.73. The first kappa shape index (κ1) is 52.5. The van der Waals surface area contributed by atoms with Crippen molar-refractivity contribution in [2.45, 2.75) is 200 Å². The molecule has 0 saturated heterocycles. The highest BCUT2D eigenvalue weighted by Crippen LogP contribution is 2.43. The van der Waals surface area contributed by atoms with E-state index in [1.807, 2.05) is 21.1 Å². The molecule has 0 bridgehead atoms. The van der Waals surface area contributed by atoms with E-state index in [9.17, 15) is 19.0 Å². The molecule has 0 spiro atoms. The van der Waals surface area contributed by atoms with Gasteiger partial charge in [0.25, 0.3) is 0 Å². The maximum Gasteiger partial charge on any atom is 0.472 e. The molecule has 0 aromatic carbocycles. The summed E-state index contributed by atoms with van der Waals surface area (Å²) in [6, 6.07) is 0. The molecule has 9 nitrogen and oxygen atoms in total. The smallest absolute Gasteiger partial charge is 0.462 e. The van der Waals surface area contributed by atoms with Crippen molar-refractivity contribution in [2.75, 3.05) is 47.5 Å². The van der Waals surface area contributed by atoms with Crippen LogP contribution >= 0.6 is 7.82 Å². The van der Waals surface area contributed by atoms with Gasteiger partial charge in [0.2, 0.25) is 0 Å². The van der Waals surface area contributed by atoms with Gasteiger partial charge in [-0.15, -0.1) is 0 Å². The van der Waals surface area contributed by atoms with Crippen LogP contribution in [-0.2, 0) is 32.7 Å². The maximum absolute atomic E-state index is 12.7. The van der Waals surface area contributed by atoms with Gasteiger partial charge in [0, 0.05) is 12.8 Å². The number of hydrogen-bond acceptors (Lipinski definition) is 7. The van der Waals surface area contributed by atoms with E-state index >= 15 is 0 Å². The van der Waals surface area contributed by atoms with Crippen LogP contribution < -0.4 is 0 Å². The van der Waals surface area contributed by atoms with Crippen molar-refractivity contribution in [3.63, 3.8) is 0 Å². The molecule has 0 radical (unpaired) electrons. The van der Waals surface area contributed by atoms with E-state index in [1.165, 1.54) is 103 Å². The largest absolute Gasteiger partial charge is 0.472 e. The van der Waals surface area contributed by atoms with Crippen molar-refractivity contribution in [3.8, 4) is 0 Å². The van der Waals surface area contributed by atoms with Gasteiger partial charge in [-0.3, -0.25) is 18.6 Å². The van der Waals surface area contributed by atoms with E-state index in [1.54, 1.807) is 0 Å². The highest BCUT2D eigenvalue weighted by Gasteiger charge is 2.27. The lowest BCUT2D eigenvalue weighted by atomic mass is 10.0. The number of hydrogen-bond donors (Lipinski definition) is 1. The lowest BCUT2D eigenvalue weighted by molar-refractivity contribution is -0.870. The predicted molar refractivity (Wildman–Crippen MR) is 224 cm³/mol. The summed E-state index contributed by atoms with van der Waals surface area (Å²) in [5.74, 6) is -0.808. The molecule has 0 aromatic heterocycles. The number of carbonyl (C=O) groups is 2. The highest BCUT2D eigenvalue weighted by molar-refractivity contribution is 7.47. The number of phosphoric ester groups is 1. The molecule has 0 heterocycles. The zero-order valence-corrected chi connectivity index (χ0v) is 36.6. The summed E-state index contributed by atoms with van der Waals surface area (Å²) in [6.45, 7) is 4.39. The van der Waals surface area contributed by atoms with E-state index in [0.29, 0.717) is 17.4 Å². The number of nitrogens with zero attached hydrogens (tertiary/aromatic N) is 1. The van der Waals surface area contributed by atoms with E-state index in [2.05, 4.69) is 38.2 Å². The number of carbonyl (C=O) groups excluding carboxylic acids is 2. The summed E-state index contributed by atoms with van der Waals surface area (Å²) in [4.78, 5) is 35.3. The second kappa shape index (κ2) is 37.1. The molecule has 54 heavy (non-hydrogen) atoms. The summed E-state index contributed by atoms with van der Waals surface area (Å²) < 4.78 is 34.3. The van der Waals surface area contributed by atoms with Crippen LogP contribution in [0.2, 0.25) is 0 Å². The van der Waals surface area contributed by atoms with Gasteiger partial charge < -0.3 is 18.9 Å². The third-order valence-electron chi connectivity index (χ3n) is 9.48. The van der Waals surface area contributed by atoms with Crippen LogP contribution in [0.15, 0.2) is 24.3 Å². The highest BCUT2D eigenvalue weighted by atomic mass is 31.2. The molecule has 0 saturated carbocycles. The average molecular weight is 787 g/mol. The Balaban J connectivity index is 4.37. The van der Waals surface area contributed by atoms with Crippen molar-refractivity contribution in [2.24, 2.45) is 0 Å². The molecule has 0 aliphatic carbocycles. The number of ether oxygens (including phenoxy) is 2. The van der Waals surface area contributed by atoms with E-state index in [0.717, 1.165) is 57.8 Å². The van der Waals surface area contributed by atoms with Crippen LogP contribution in [0.5, 0.6) is 0 Å². The molecule has 0 aromatic rings. The third-order valence-corrected chi connectivity index (χ3v) is 10.5. The monoisotopic (exact) mass is 787 g/mol. The number of likely N-dealkylation sites (N-methyl/N-ethyl adjacent to an activating group) is 1. The van der Waals surface area contributed by atoms with Gasteiger partial charge >= 0.3 is 19.8 Å². The molecular formula is C44H85NO8P+. The lowest BCUT2D eigenvalue weighted by Crippen LogP contribution is -2.37. The van der Waals surface area contributed by atoms with Crippen molar-refractivity contribution in [1.82, 2.24) is 0 Å². The molecule has 2 atom stereocenters. The summed E-state index contributed by atoms with van der Waals surface area (Å²) in [7, 11) is 1.47. The Morgan fingerprint density at radius 2 is 1.00 bits per heavy atom. The quantitative estimate of drug-likeness (QED) is 0.0215. The summed E-state index contributed by atoms with van der Waals surface area (Å²) >= 11 is 0. The fraction of sp³-hybridized carbons (Fsp3) is 0.864. The van der Waals surface area contributed by atoms with E-state index < -0.39 is 26.5 Å². The van der Waals surface area contributed by atoms with Gasteiger partial charge in [-0.1, -0.05) is 160 Å². The summed E-state index contributed by atoms with van der Waals surface area (Å²) in [5, 5.41) is 0. The normalized spacial score (nSPS) is 13.8. The van der Waals surface area contributed by atoms with Gasteiger partial charge in [0.05, 0.1) is 27.7 Å². The van der Waals surface area contributed by atoms with Gasteiger partial charge in [-0.25, -0.2) is 4.57 Å². The Hall–Kier alpha value is -1.51. The molecule has 1 N–H and O–H groups in total. The zero-order valence-electron chi connectivity index (χ0n) is 35.7. The van der Waals surface area contributed by atoms with Gasteiger partial charge in [-0.05, 0) is 44.9 Å². The molecule has 10 heteroatoms. The van der Waals surface area contributed by atoms with Gasteiger partial charge in [0.15, 0.2) is 6.10 Å². The number of quaternary nitrogens is 1. The first-order valence-corrected chi connectivity index (χ1v) is 23.6. The van der Waals surface area contributed by atoms with Crippen molar-refractivity contribution >= 4 is 19.8 Å². The second-order valence-electron chi connectivity index (χ2n) is 16.1. The molecule has 0 fully saturated rings. The molecule has 0 aliphatic rings. The average Bonchev–Trinajstić information content (AvgIpc) is 3.12. The first-order valence-electron chi connectivity index (χ1n) is 22.1. The third kappa shape index (κ3) is 40.2. The van der Waals surface area contributed by atoms with Crippen LogP contribution in [0.25, 0.3) is 0 Å². The summed E-state index contributed by atoms with van der Waals surface area (Å²) in [6.07, 6.45) is 39.3. The Morgan fingerprint density at radius 3 is 1.50 bits per heavy atom. The van der Waals surface area contributed by atoms with Crippen LogP contribution in [0.1, 0.15) is 194 Å². The van der Waals surface area contributed by atoms with Crippen LogP contribution in [0.4, 0.5) is 0 Å². The van der Waals surface area contributed by atoms with E-state index in [-0.39, 0.29) is 32.0 Å². The number of unbranched alkanes of at least 4 members (excludes halogenated alkanes) is 22. The number of phosphoric acid groups is 1.